The molecule has 2 aromatic rings. The first-order valence-corrected chi connectivity index (χ1v) is 8.22. The minimum absolute atomic E-state index is 0.247. The minimum Gasteiger partial charge on any atom is -0.321 e. The Balaban J connectivity index is 2.10. The summed E-state index contributed by atoms with van der Waals surface area (Å²) < 4.78 is 0. The molecule has 0 aliphatic heterocycles. The zero-order chi connectivity index (χ0) is 17.5. The molecule has 0 spiro atoms. The van der Waals surface area contributed by atoms with Gasteiger partial charge >= 0.3 is 0 Å². The Bertz CT molecular complexity index is 792. The second-order valence-electron chi connectivity index (χ2n) is 4.59. The molecular weight excluding hydrogens is 346 g/mol. The van der Waals surface area contributed by atoms with Crippen LogP contribution in [0.25, 0.3) is 0 Å². The Labute approximate surface area is 149 Å². The smallest absolute Gasteiger partial charge is 0.267 e. The molecule has 1 amide bonds. The summed E-state index contributed by atoms with van der Waals surface area (Å²) >= 11 is 7.11. The number of aromatic nitrogens is 3. The molecule has 0 bridgehead atoms. The van der Waals surface area contributed by atoms with Gasteiger partial charge < -0.3 is 10.6 Å². The van der Waals surface area contributed by atoms with Gasteiger partial charge in [-0.05, 0) is 26.0 Å². The number of carbonyl (C=O) groups excluding carboxylic acids is 1. The number of amides is 1. The van der Waals surface area contributed by atoms with Crippen molar-refractivity contribution < 1.29 is 4.79 Å². The average molecular weight is 362 g/mol. The lowest BCUT2D eigenvalue weighted by molar-refractivity contribution is 0.0971. The van der Waals surface area contributed by atoms with Crippen LogP contribution in [0, 0.1) is 6.92 Å². The van der Waals surface area contributed by atoms with Crippen LogP contribution in [0.3, 0.4) is 0 Å². The molecule has 0 fully saturated rings. The summed E-state index contributed by atoms with van der Waals surface area (Å²) in [5.41, 5.74) is 0.651. The molecule has 6 nitrogen and oxygen atoms in total. The molecule has 0 atom stereocenters. The van der Waals surface area contributed by atoms with Crippen LogP contribution < -0.4 is 10.6 Å². The largest absolute Gasteiger partial charge is 0.321 e. The van der Waals surface area contributed by atoms with Crippen LogP contribution >= 0.6 is 22.9 Å². The molecule has 2 heterocycles. The maximum atomic E-state index is 12.3. The number of hydrogen-bond acceptors (Lipinski definition) is 6. The first-order chi connectivity index (χ1) is 11.5. The molecule has 0 saturated carbocycles. The van der Waals surface area contributed by atoms with Crippen molar-refractivity contribution in [2.24, 2.45) is 0 Å². The summed E-state index contributed by atoms with van der Waals surface area (Å²) in [7, 11) is 0. The van der Waals surface area contributed by atoms with Gasteiger partial charge in [0.05, 0.1) is 6.20 Å². The Morgan fingerprint density at radius 3 is 2.88 bits per heavy atom. The molecular formula is C16H16ClN5OS. The topological polar surface area (TPSA) is 79.8 Å². The van der Waals surface area contributed by atoms with E-state index in [1.54, 1.807) is 31.2 Å². The second-order valence-corrected chi connectivity index (χ2v) is 6.01. The number of rotatable bonds is 6. The van der Waals surface area contributed by atoms with E-state index in [1.165, 1.54) is 17.5 Å². The number of thiazole rings is 1. The second kappa shape index (κ2) is 8.37. The molecule has 8 heteroatoms. The van der Waals surface area contributed by atoms with Crippen LogP contribution in [0.2, 0.25) is 5.15 Å². The van der Waals surface area contributed by atoms with Crippen molar-refractivity contribution in [1.29, 1.82) is 0 Å². The Morgan fingerprint density at radius 1 is 1.42 bits per heavy atom. The summed E-state index contributed by atoms with van der Waals surface area (Å²) in [5.74, 6) is 0.823. The van der Waals surface area contributed by atoms with Gasteiger partial charge in [0.1, 0.15) is 21.7 Å². The van der Waals surface area contributed by atoms with Gasteiger partial charge in [-0.1, -0.05) is 41.7 Å². The van der Waals surface area contributed by atoms with Crippen LogP contribution in [0.1, 0.15) is 22.4 Å². The van der Waals surface area contributed by atoms with Crippen molar-refractivity contribution in [3.63, 3.8) is 0 Å². The summed E-state index contributed by atoms with van der Waals surface area (Å²) in [6, 6.07) is 1.59. The molecule has 0 aliphatic carbocycles. The summed E-state index contributed by atoms with van der Waals surface area (Å²) in [5, 5.41) is 6.68. The lowest BCUT2D eigenvalue weighted by Gasteiger charge is -2.03. The Morgan fingerprint density at radius 2 is 2.21 bits per heavy atom. The molecule has 0 aromatic carbocycles. The lowest BCUT2D eigenvalue weighted by Crippen LogP contribution is -2.20. The molecule has 0 unspecified atom stereocenters. The SMILES string of the molecule is C=C/C=C(\C=C/C)NC(=O)c1cnc(Nc2cc(Cl)nc(C)n2)s1. The third-order valence-electron chi connectivity index (χ3n) is 2.67. The van der Waals surface area contributed by atoms with Crippen molar-refractivity contribution in [1.82, 2.24) is 20.3 Å². The highest BCUT2D eigenvalue weighted by Crippen LogP contribution is 2.23. The minimum atomic E-state index is -0.247. The number of allylic oxidation sites excluding steroid dienone is 4. The van der Waals surface area contributed by atoms with Gasteiger partial charge in [0, 0.05) is 11.8 Å². The van der Waals surface area contributed by atoms with Gasteiger partial charge in [-0.2, -0.15) is 0 Å². The van der Waals surface area contributed by atoms with Crippen molar-refractivity contribution in [2.45, 2.75) is 13.8 Å². The molecule has 2 rings (SSSR count). The van der Waals surface area contributed by atoms with Gasteiger partial charge in [0.2, 0.25) is 0 Å². The van der Waals surface area contributed by atoms with E-state index in [0.717, 1.165) is 0 Å². The van der Waals surface area contributed by atoms with E-state index in [-0.39, 0.29) is 5.91 Å². The lowest BCUT2D eigenvalue weighted by atomic mass is 10.3. The molecule has 124 valence electrons. The Hall–Kier alpha value is -2.51. The Kier molecular flexibility index (Phi) is 6.22. The fourth-order valence-electron chi connectivity index (χ4n) is 1.78. The van der Waals surface area contributed by atoms with Crippen molar-refractivity contribution in [2.75, 3.05) is 5.32 Å². The summed E-state index contributed by atoms with van der Waals surface area (Å²) in [6.07, 6.45) is 8.43. The number of carbonyl (C=O) groups is 1. The van der Waals surface area contributed by atoms with Crippen LogP contribution in [0.5, 0.6) is 0 Å². The van der Waals surface area contributed by atoms with E-state index in [9.17, 15) is 4.79 Å². The predicted octanol–water partition coefficient (Wildman–Crippen LogP) is 4.01. The molecule has 2 N–H and O–H groups in total. The standard InChI is InChI=1S/C16H16ClN5OS/c1-4-6-11(7-5-2)21-15(23)12-9-18-16(24-12)22-14-8-13(17)19-10(3)20-14/h4-9H,1H2,2-3H3,(H,21,23)(H,18,19,20,22)/b7-5-,11-6+. The van der Waals surface area contributed by atoms with Gasteiger partial charge in [0.25, 0.3) is 5.91 Å². The first-order valence-electron chi connectivity index (χ1n) is 7.02. The van der Waals surface area contributed by atoms with E-state index in [2.05, 4.69) is 32.2 Å². The predicted molar refractivity (Wildman–Crippen MR) is 97.7 cm³/mol. The molecule has 0 aliphatic rings. The van der Waals surface area contributed by atoms with Gasteiger partial charge in [-0.3, -0.25) is 4.79 Å². The molecule has 0 saturated heterocycles. The van der Waals surface area contributed by atoms with E-state index in [0.29, 0.717) is 32.5 Å². The highest BCUT2D eigenvalue weighted by Gasteiger charge is 2.12. The summed E-state index contributed by atoms with van der Waals surface area (Å²) in [4.78, 5) is 25.1. The maximum Gasteiger partial charge on any atom is 0.267 e. The zero-order valence-electron chi connectivity index (χ0n) is 13.2. The monoisotopic (exact) mass is 361 g/mol. The quantitative estimate of drug-likeness (QED) is 0.600. The van der Waals surface area contributed by atoms with Crippen LogP contribution in [0.15, 0.2) is 48.8 Å². The molecule has 2 aromatic heterocycles. The number of halogens is 1. The normalized spacial score (nSPS) is 11.5. The van der Waals surface area contributed by atoms with Gasteiger partial charge in [-0.15, -0.1) is 0 Å². The maximum absolute atomic E-state index is 12.3. The van der Waals surface area contributed by atoms with Crippen LogP contribution in [0.4, 0.5) is 10.9 Å². The number of nitrogens with zero attached hydrogens (tertiary/aromatic N) is 3. The fraction of sp³-hybridized carbons (Fsp3) is 0.125. The third-order valence-corrected chi connectivity index (χ3v) is 3.78. The van der Waals surface area contributed by atoms with Crippen molar-refractivity contribution in [3.05, 3.63) is 64.7 Å². The van der Waals surface area contributed by atoms with Crippen LogP contribution in [-0.4, -0.2) is 20.9 Å². The van der Waals surface area contributed by atoms with E-state index >= 15 is 0 Å². The van der Waals surface area contributed by atoms with E-state index in [1.807, 2.05) is 13.0 Å². The number of aryl methyl sites for hydroxylation is 1. The highest BCUT2D eigenvalue weighted by molar-refractivity contribution is 7.17. The van der Waals surface area contributed by atoms with Gasteiger partial charge in [0.15, 0.2) is 5.13 Å². The van der Waals surface area contributed by atoms with Crippen LogP contribution in [-0.2, 0) is 0 Å². The van der Waals surface area contributed by atoms with Crippen molar-refractivity contribution >= 4 is 39.8 Å². The van der Waals surface area contributed by atoms with E-state index < -0.39 is 0 Å². The van der Waals surface area contributed by atoms with Gasteiger partial charge in [-0.25, -0.2) is 15.0 Å². The fourth-order valence-corrected chi connectivity index (χ4v) is 2.72. The molecule has 24 heavy (non-hydrogen) atoms. The summed E-state index contributed by atoms with van der Waals surface area (Å²) in [6.45, 7) is 7.23. The van der Waals surface area contributed by atoms with Crippen molar-refractivity contribution in [3.8, 4) is 0 Å². The zero-order valence-corrected chi connectivity index (χ0v) is 14.8. The average Bonchev–Trinajstić information content (AvgIpc) is 2.95. The molecule has 0 radical (unpaired) electrons. The first kappa shape index (κ1) is 17.8. The number of nitrogens with one attached hydrogen (secondary N) is 2. The number of hydrogen-bond donors (Lipinski definition) is 2. The number of anilines is 2. The third kappa shape index (κ3) is 5.00. The highest BCUT2D eigenvalue weighted by atomic mass is 35.5. The van der Waals surface area contributed by atoms with E-state index in [4.69, 9.17) is 11.6 Å².